The molecule has 0 aromatic rings. The van der Waals surface area contributed by atoms with Gasteiger partial charge in [-0.05, 0) is 33.9 Å². The van der Waals surface area contributed by atoms with Crippen LogP contribution >= 0.6 is 0 Å². The van der Waals surface area contributed by atoms with Crippen LogP contribution in [0.3, 0.4) is 0 Å². The number of ether oxygens (including phenoxy) is 1. The Hall–Kier alpha value is -0.610. The highest BCUT2D eigenvalue weighted by Gasteiger charge is 2.21. The Balaban J connectivity index is 2.24. The van der Waals surface area contributed by atoms with Gasteiger partial charge in [-0.15, -0.1) is 0 Å². The van der Waals surface area contributed by atoms with Crippen molar-refractivity contribution in [3.05, 3.63) is 0 Å². The number of likely N-dealkylation sites (N-methyl/N-ethyl adjacent to an activating group) is 1. The smallest absolute Gasteiger partial charge is 0.320 e. The van der Waals surface area contributed by atoms with Crippen molar-refractivity contribution in [2.45, 2.75) is 32.4 Å². The van der Waals surface area contributed by atoms with E-state index in [2.05, 4.69) is 10.2 Å². The van der Waals surface area contributed by atoms with Gasteiger partial charge in [0.05, 0.1) is 12.6 Å². The fraction of sp³-hybridized carbons (Fsp3) is 0.900. The molecule has 82 valence electrons. The zero-order chi connectivity index (χ0) is 10.6. The third-order valence-electron chi connectivity index (χ3n) is 2.40. The van der Waals surface area contributed by atoms with E-state index in [1.807, 2.05) is 20.9 Å². The lowest BCUT2D eigenvalue weighted by atomic mass is 10.2. The second-order valence-corrected chi connectivity index (χ2v) is 4.10. The van der Waals surface area contributed by atoms with E-state index in [1.54, 1.807) is 0 Å². The summed E-state index contributed by atoms with van der Waals surface area (Å²) >= 11 is 0. The van der Waals surface area contributed by atoms with Gasteiger partial charge in [-0.3, -0.25) is 9.69 Å². The standard InChI is InChI=1S/C10H20N2O2/c1-8(2)14-10(13)7-12(3)9-4-5-11-6-9/h8-9,11H,4-7H2,1-3H3. The molecule has 0 amide bonds. The lowest BCUT2D eigenvalue weighted by Gasteiger charge is -2.22. The van der Waals surface area contributed by atoms with Gasteiger partial charge in [-0.2, -0.15) is 0 Å². The summed E-state index contributed by atoms with van der Waals surface area (Å²) in [5, 5.41) is 3.27. The number of esters is 1. The van der Waals surface area contributed by atoms with Crippen molar-refractivity contribution in [1.82, 2.24) is 10.2 Å². The van der Waals surface area contributed by atoms with Gasteiger partial charge in [0, 0.05) is 12.6 Å². The van der Waals surface area contributed by atoms with E-state index in [4.69, 9.17) is 4.74 Å². The molecule has 4 heteroatoms. The van der Waals surface area contributed by atoms with Crippen LogP contribution in [0, 0.1) is 0 Å². The third kappa shape index (κ3) is 3.64. The predicted octanol–water partition coefficient (Wildman–Crippen LogP) is 0.232. The summed E-state index contributed by atoms with van der Waals surface area (Å²) in [6, 6.07) is 0.481. The first-order valence-corrected chi connectivity index (χ1v) is 5.20. The van der Waals surface area contributed by atoms with Crippen molar-refractivity contribution in [3.8, 4) is 0 Å². The molecule has 1 saturated heterocycles. The summed E-state index contributed by atoms with van der Waals surface area (Å²) in [5.41, 5.74) is 0. The highest BCUT2D eigenvalue weighted by Crippen LogP contribution is 2.05. The van der Waals surface area contributed by atoms with Crippen LogP contribution < -0.4 is 5.32 Å². The molecular weight excluding hydrogens is 180 g/mol. The molecule has 14 heavy (non-hydrogen) atoms. The molecule has 0 aromatic carbocycles. The van der Waals surface area contributed by atoms with Crippen LogP contribution in [0.1, 0.15) is 20.3 Å². The topological polar surface area (TPSA) is 41.6 Å². The highest BCUT2D eigenvalue weighted by molar-refractivity contribution is 5.71. The number of carbonyl (C=O) groups is 1. The number of hydrogen-bond donors (Lipinski definition) is 1. The summed E-state index contributed by atoms with van der Waals surface area (Å²) in [4.78, 5) is 13.4. The molecule has 1 N–H and O–H groups in total. The summed E-state index contributed by atoms with van der Waals surface area (Å²) in [6.07, 6.45) is 1.10. The Morgan fingerprint density at radius 2 is 2.36 bits per heavy atom. The van der Waals surface area contributed by atoms with Crippen molar-refractivity contribution >= 4 is 5.97 Å². The van der Waals surface area contributed by atoms with Crippen LogP contribution in [0.25, 0.3) is 0 Å². The molecular formula is C10H20N2O2. The zero-order valence-electron chi connectivity index (χ0n) is 9.25. The van der Waals surface area contributed by atoms with Crippen LogP contribution in [0.4, 0.5) is 0 Å². The van der Waals surface area contributed by atoms with Crippen molar-refractivity contribution < 1.29 is 9.53 Å². The summed E-state index contributed by atoms with van der Waals surface area (Å²) in [7, 11) is 1.97. The van der Waals surface area contributed by atoms with Gasteiger partial charge in [0.25, 0.3) is 0 Å². The molecule has 1 heterocycles. The monoisotopic (exact) mass is 200 g/mol. The van der Waals surface area contributed by atoms with Crippen LogP contribution in [0.5, 0.6) is 0 Å². The largest absolute Gasteiger partial charge is 0.462 e. The highest BCUT2D eigenvalue weighted by atomic mass is 16.5. The molecule has 1 atom stereocenters. The van der Waals surface area contributed by atoms with E-state index in [1.165, 1.54) is 0 Å². The van der Waals surface area contributed by atoms with Gasteiger partial charge < -0.3 is 10.1 Å². The fourth-order valence-electron chi connectivity index (χ4n) is 1.65. The lowest BCUT2D eigenvalue weighted by Crippen LogP contribution is -2.38. The Morgan fingerprint density at radius 3 is 2.86 bits per heavy atom. The minimum atomic E-state index is -0.130. The van der Waals surface area contributed by atoms with Crippen LogP contribution in [-0.2, 0) is 9.53 Å². The van der Waals surface area contributed by atoms with Crippen molar-refractivity contribution in [2.75, 3.05) is 26.7 Å². The lowest BCUT2D eigenvalue weighted by molar-refractivity contribution is -0.148. The van der Waals surface area contributed by atoms with Crippen LogP contribution in [0.15, 0.2) is 0 Å². The van der Waals surface area contributed by atoms with Crippen molar-refractivity contribution in [1.29, 1.82) is 0 Å². The Bertz CT molecular complexity index is 189. The summed E-state index contributed by atoms with van der Waals surface area (Å²) in [6.45, 7) is 6.16. The minimum Gasteiger partial charge on any atom is -0.462 e. The maximum absolute atomic E-state index is 11.3. The molecule has 4 nitrogen and oxygen atoms in total. The van der Waals surface area contributed by atoms with Gasteiger partial charge in [-0.1, -0.05) is 0 Å². The second kappa shape index (κ2) is 5.32. The molecule has 0 aliphatic carbocycles. The number of rotatable bonds is 4. The van der Waals surface area contributed by atoms with E-state index in [9.17, 15) is 4.79 Å². The van der Waals surface area contributed by atoms with E-state index >= 15 is 0 Å². The molecule has 0 saturated carbocycles. The molecule has 0 radical (unpaired) electrons. The van der Waals surface area contributed by atoms with Crippen LogP contribution in [-0.4, -0.2) is 49.7 Å². The molecule has 1 aliphatic heterocycles. The van der Waals surface area contributed by atoms with Gasteiger partial charge >= 0.3 is 5.97 Å². The zero-order valence-corrected chi connectivity index (χ0v) is 9.25. The van der Waals surface area contributed by atoms with Gasteiger partial charge in [-0.25, -0.2) is 0 Å². The Kier molecular flexibility index (Phi) is 4.35. The van der Waals surface area contributed by atoms with E-state index in [0.717, 1.165) is 19.5 Å². The Labute approximate surface area is 85.6 Å². The van der Waals surface area contributed by atoms with Crippen molar-refractivity contribution in [2.24, 2.45) is 0 Å². The third-order valence-corrected chi connectivity index (χ3v) is 2.40. The number of hydrogen-bond acceptors (Lipinski definition) is 4. The predicted molar refractivity (Wildman–Crippen MR) is 55.1 cm³/mol. The molecule has 1 unspecified atom stereocenters. The summed E-state index contributed by atoms with van der Waals surface area (Å²) < 4.78 is 5.08. The quantitative estimate of drug-likeness (QED) is 0.660. The molecule has 0 aromatic heterocycles. The van der Waals surface area contributed by atoms with E-state index in [0.29, 0.717) is 12.6 Å². The maximum Gasteiger partial charge on any atom is 0.320 e. The SMILES string of the molecule is CC(C)OC(=O)CN(C)C1CCNC1. The molecule has 0 spiro atoms. The summed E-state index contributed by atoms with van der Waals surface area (Å²) in [5.74, 6) is -0.130. The van der Waals surface area contributed by atoms with E-state index in [-0.39, 0.29) is 12.1 Å². The molecule has 1 rings (SSSR count). The maximum atomic E-state index is 11.3. The first-order chi connectivity index (χ1) is 6.59. The first kappa shape index (κ1) is 11.5. The number of nitrogens with one attached hydrogen (secondary N) is 1. The fourth-order valence-corrected chi connectivity index (χ4v) is 1.65. The molecule has 0 bridgehead atoms. The molecule has 1 aliphatic rings. The number of carbonyl (C=O) groups excluding carboxylic acids is 1. The number of nitrogens with zero attached hydrogens (tertiary/aromatic N) is 1. The molecule has 1 fully saturated rings. The van der Waals surface area contributed by atoms with E-state index < -0.39 is 0 Å². The van der Waals surface area contributed by atoms with Gasteiger partial charge in [0.1, 0.15) is 0 Å². The first-order valence-electron chi connectivity index (χ1n) is 5.20. The normalized spacial score (nSPS) is 21.9. The van der Waals surface area contributed by atoms with Crippen molar-refractivity contribution in [3.63, 3.8) is 0 Å². The Morgan fingerprint density at radius 1 is 1.64 bits per heavy atom. The van der Waals surface area contributed by atoms with Gasteiger partial charge in [0.2, 0.25) is 0 Å². The van der Waals surface area contributed by atoms with Crippen LogP contribution in [0.2, 0.25) is 0 Å². The average Bonchev–Trinajstić information content (AvgIpc) is 2.53. The van der Waals surface area contributed by atoms with Gasteiger partial charge in [0.15, 0.2) is 0 Å². The minimum absolute atomic E-state index is 0.0161. The second-order valence-electron chi connectivity index (χ2n) is 4.10. The average molecular weight is 200 g/mol.